The number of hydrogen-bond acceptors (Lipinski definition) is 3. The lowest BCUT2D eigenvalue weighted by Crippen LogP contribution is -2.48. The molecular formula is C24H24N2OS. The number of methoxy groups -OCH3 is 1. The number of benzene rings is 3. The van der Waals surface area contributed by atoms with Gasteiger partial charge in [0, 0.05) is 37.4 Å². The van der Waals surface area contributed by atoms with Crippen molar-refractivity contribution in [1.82, 2.24) is 4.90 Å². The number of hydrogen-bond donors (Lipinski definition) is 0. The van der Waals surface area contributed by atoms with Crippen LogP contribution in [0, 0.1) is 0 Å². The first-order valence-corrected chi connectivity index (χ1v) is 9.99. The second-order valence-electron chi connectivity index (χ2n) is 6.92. The summed E-state index contributed by atoms with van der Waals surface area (Å²) in [6.45, 7) is 3.81. The van der Waals surface area contributed by atoms with E-state index in [1.54, 1.807) is 7.11 Å². The number of rotatable bonds is 4. The van der Waals surface area contributed by atoms with E-state index >= 15 is 0 Å². The third-order valence-electron chi connectivity index (χ3n) is 5.24. The fourth-order valence-corrected chi connectivity index (χ4v) is 3.90. The van der Waals surface area contributed by atoms with Gasteiger partial charge in [-0.25, -0.2) is 0 Å². The summed E-state index contributed by atoms with van der Waals surface area (Å²) in [5, 5.41) is 0. The van der Waals surface area contributed by atoms with E-state index in [9.17, 15) is 0 Å². The quantitative estimate of drug-likeness (QED) is 0.593. The Hall–Kier alpha value is -2.85. The van der Waals surface area contributed by atoms with Gasteiger partial charge in [-0.1, -0.05) is 66.8 Å². The van der Waals surface area contributed by atoms with Crippen LogP contribution in [0.5, 0.6) is 5.75 Å². The molecule has 0 aromatic heterocycles. The van der Waals surface area contributed by atoms with E-state index < -0.39 is 0 Å². The first-order chi connectivity index (χ1) is 13.7. The summed E-state index contributed by atoms with van der Waals surface area (Å²) in [6.07, 6.45) is 0. The van der Waals surface area contributed by atoms with Gasteiger partial charge < -0.3 is 14.5 Å². The van der Waals surface area contributed by atoms with Crippen LogP contribution in [-0.4, -0.2) is 43.2 Å². The Bertz CT molecular complexity index is 915. The van der Waals surface area contributed by atoms with Crippen LogP contribution in [0.15, 0.2) is 78.9 Å². The zero-order valence-electron chi connectivity index (χ0n) is 16.0. The van der Waals surface area contributed by atoms with Crippen LogP contribution in [0.25, 0.3) is 11.1 Å². The third-order valence-corrected chi connectivity index (χ3v) is 5.74. The molecule has 142 valence electrons. The van der Waals surface area contributed by atoms with Crippen molar-refractivity contribution in [2.24, 2.45) is 0 Å². The molecule has 1 aliphatic heterocycles. The van der Waals surface area contributed by atoms with Crippen molar-refractivity contribution < 1.29 is 4.74 Å². The highest BCUT2D eigenvalue weighted by Crippen LogP contribution is 2.23. The van der Waals surface area contributed by atoms with E-state index in [2.05, 4.69) is 70.5 Å². The summed E-state index contributed by atoms with van der Waals surface area (Å²) >= 11 is 5.78. The van der Waals surface area contributed by atoms with Crippen molar-refractivity contribution >= 4 is 22.9 Å². The van der Waals surface area contributed by atoms with Crippen LogP contribution < -0.4 is 9.64 Å². The molecule has 1 fully saturated rings. The smallest absolute Gasteiger partial charge is 0.119 e. The predicted molar refractivity (Wildman–Crippen MR) is 120 cm³/mol. The van der Waals surface area contributed by atoms with Gasteiger partial charge in [0.05, 0.1) is 7.11 Å². The van der Waals surface area contributed by atoms with Crippen molar-refractivity contribution in [3.63, 3.8) is 0 Å². The molecule has 1 heterocycles. The molecule has 4 rings (SSSR count). The first kappa shape index (κ1) is 18.5. The summed E-state index contributed by atoms with van der Waals surface area (Å²) in [4.78, 5) is 5.65. The average Bonchev–Trinajstić information content (AvgIpc) is 2.79. The van der Waals surface area contributed by atoms with E-state index in [0.29, 0.717) is 0 Å². The Morgan fingerprint density at radius 2 is 1.36 bits per heavy atom. The molecule has 0 bridgehead atoms. The molecule has 0 atom stereocenters. The molecule has 0 amide bonds. The molecule has 0 radical (unpaired) electrons. The number of piperazine rings is 1. The highest BCUT2D eigenvalue weighted by atomic mass is 32.1. The molecule has 4 heteroatoms. The van der Waals surface area contributed by atoms with Crippen LogP contribution in [0.1, 0.15) is 5.56 Å². The third kappa shape index (κ3) is 4.02. The van der Waals surface area contributed by atoms with E-state index in [0.717, 1.165) is 42.5 Å². The van der Waals surface area contributed by atoms with Crippen LogP contribution in [0.3, 0.4) is 0 Å². The molecular weight excluding hydrogens is 364 g/mol. The van der Waals surface area contributed by atoms with Gasteiger partial charge in [0.25, 0.3) is 0 Å². The molecule has 0 aliphatic carbocycles. The lowest BCUT2D eigenvalue weighted by Gasteiger charge is -2.37. The van der Waals surface area contributed by atoms with Gasteiger partial charge in [-0.3, -0.25) is 0 Å². The van der Waals surface area contributed by atoms with Gasteiger partial charge in [-0.05, 0) is 35.4 Å². The second-order valence-corrected chi connectivity index (χ2v) is 7.31. The number of anilines is 1. The molecule has 0 saturated carbocycles. The van der Waals surface area contributed by atoms with Crippen LogP contribution >= 0.6 is 12.2 Å². The minimum absolute atomic E-state index is 0.891. The fourth-order valence-electron chi connectivity index (χ4n) is 3.58. The molecule has 3 aromatic rings. The van der Waals surface area contributed by atoms with Gasteiger partial charge >= 0.3 is 0 Å². The SMILES string of the molecule is COc1ccc(N2CCN(C(=S)c3ccc(-c4ccccc4)cc3)CC2)cc1. The first-order valence-electron chi connectivity index (χ1n) is 9.58. The molecule has 1 aliphatic rings. The summed E-state index contributed by atoms with van der Waals surface area (Å²) in [5.74, 6) is 0.891. The lowest BCUT2D eigenvalue weighted by atomic mass is 10.0. The van der Waals surface area contributed by atoms with Gasteiger partial charge in [-0.2, -0.15) is 0 Å². The van der Waals surface area contributed by atoms with Crippen molar-refractivity contribution in [3.8, 4) is 16.9 Å². The van der Waals surface area contributed by atoms with Gasteiger partial charge in [0.15, 0.2) is 0 Å². The molecule has 3 nitrogen and oxygen atoms in total. The maximum atomic E-state index is 5.78. The summed E-state index contributed by atoms with van der Waals surface area (Å²) in [7, 11) is 1.70. The number of ether oxygens (including phenoxy) is 1. The van der Waals surface area contributed by atoms with E-state index in [4.69, 9.17) is 17.0 Å². The van der Waals surface area contributed by atoms with E-state index in [-0.39, 0.29) is 0 Å². The zero-order chi connectivity index (χ0) is 19.3. The monoisotopic (exact) mass is 388 g/mol. The maximum absolute atomic E-state index is 5.78. The summed E-state index contributed by atoms with van der Waals surface area (Å²) in [5.41, 5.74) is 4.80. The van der Waals surface area contributed by atoms with Crippen molar-refractivity contribution in [3.05, 3.63) is 84.4 Å². The molecule has 0 spiro atoms. The van der Waals surface area contributed by atoms with Crippen LogP contribution in [0.4, 0.5) is 5.69 Å². The Morgan fingerprint density at radius 1 is 0.750 bits per heavy atom. The minimum atomic E-state index is 0.891. The highest BCUT2D eigenvalue weighted by molar-refractivity contribution is 7.80. The average molecular weight is 389 g/mol. The van der Waals surface area contributed by atoms with Gasteiger partial charge in [-0.15, -0.1) is 0 Å². The molecule has 3 aromatic carbocycles. The molecule has 0 unspecified atom stereocenters. The minimum Gasteiger partial charge on any atom is -0.497 e. The second kappa shape index (κ2) is 8.44. The van der Waals surface area contributed by atoms with Crippen molar-refractivity contribution in [2.75, 3.05) is 38.2 Å². The Morgan fingerprint density at radius 3 is 1.96 bits per heavy atom. The standard InChI is InChI=1S/C24H24N2OS/c1-27-23-13-11-22(12-14-23)25-15-17-26(18-16-25)24(28)21-9-7-20(8-10-21)19-5-3-2-4-6-19/h2-14H,15-18H2,1H3. The zero-order valence-corrected chi connectivity index (χ0v) is 16.9. The highest BCUT2D eigenvalue weighted by Gasteiger charge is 2.20. The largest absolute Gasteiger partial charge is 0.497 e. The van der Waals surface area contributed by atoms with Gasteiger partial charge in [0.2, 0.25) is 0 Å². The summed E-state index contributed by atoms with van der Waals surface area (Å²) in [6, 6.07) is 27.3. The normalized spacial score (nSPS) is 14.0. The molecule has 28 heavy (non-hydrogen) atoms. The topological polar surface area (TPSA) is 15.7 Å². The Labute approximate surface area is 172 Å². The van der Waals surface area contributed by atoms with Gasteiger partial charge in [0.1, 0.15) is 10.7 Å². The molecule has 1 saturated heterocycles. The maximum Gasteiger partial charge on any atom is 0.119 e. The van der Waals surface area contributed by atoms with Crippen molar-refractivity contribution in [1.29, 1.82) is 0 Å². The number of nitrogens with zero attached hydrogens (tertiary/aromatic N) is 2. The Balaban J connectivity index is 1.38. The fraction of sp³-hybridized carbons (Fsp3) is 0.208. The predicted octanol–water partition coefficient (Wildman–Crippen LogP) is 4.86. The summed E-state index contributed by atoms with van der Waals surface area (Å²) < 4.78 is 5.25. The van der Waals surface area contributed by atoms with Crippen LogP contribution in [-0.2, 0) is 0 Å². The van der Waals surface area contributed by atoms with E-state index in [1.165, 1.54) is 16.8 Å². The number of thiocarbonyl (C=S) groups is 1. The Kier molecular flexibility index (Phi) is 5.58. The lowest BCUT2D eigenvalue weighted by molar-refractivity contribution is 0.392. The van der Waals surface area contributed by atoms with Crippen molar-refractivity contribution in [2.45, 2.75) is 0 Å². The molecule has 0 N–H and O–H groups in total. The van der Waals surface area contributed by atoms with Crippen LogP contribution in [0.2, 0.25) is 0 Å². The van der Waals surface area contributed by atoms with E-state index in [1.807, 2.05) is 18.2 Å².